The van der Waals surface area contributed by atoms with Crippen LogP contribution in [0.25, 0.3) is 0 Å². The minimum absolute atomic E-state index is 0.0418. The number of ether oxygens (including phenoxy) is 1. The number of nitrogens with zero attached hydrogens (tertiary/aromatic N) is 1. The van der Waals surface area contributed by atoms with E-state index in [-0.39, 0.29) is 11.9 Å². The molecule has 2 rings (SSSR count). The Kier molecular flexibility index (Phi) is 5.09. The Bertz CT molecular complexity index is 424. The monoisotopic (exact) mass is 277 g/mol. The minimum Gasteiger partial charge on any atom is -0.384 e. The molecule has 1 aliphatic heterocycles. The topological polar surface area (TPSA) is 63.2 Å². The van der Waals surface area contributed by atoms with Crippen molar-refractivity contribution in [3.05, 3.63) is 30.1 Å². The van der Waals surface area contributed by atoms with Crippen LogP contribution in [-0.4, -0.2) is 37.7 Å². The first-order valence-corrected chi connectivity index (χ1v) is 7.08. The van der Waals surface area contributed by atoms with Crippen molar-refractivity contribution in [1.29, 1.82) is 0 Å². The molecule has 0 aromatic carbocycles. The Morgan fingerprint density at radius 2 is 2.30 bits per heavy atom. The van der Waals surface area contributed by atoms with E-state index in [0.717, 1.165) is 31.5 Å². The molecule has 110 valence electrons. The van der Waals surface area contributed by atoms with E-state index >= 15 is 0 Å². The van der Waals surface area contributed by atoms with Crippen LogP contribution >= 0.6 is 0 Å². The number of pyridine rings is 1. The molecule has 0 bridgehead atoms. The molecule has 1 aromatic rings. The zero-order valence-electron chi connectivity index (χ0n) is 12.2. The van der Waals surface area contributed by atoms with Crippen LogP contribution in [0.1, 0.15) is 31.4 Å². The second kappa shape index (κ2) is 6.81. The average Bonchev–Trinajstić information content (AvgIpc) is 2.49. The molecule has 1 atom stereocenters. The fraction of sp³-hybridized carbons (Fsp3) is 0.600. The SMILES string of the molecule is COCC1(C(=O)N[C@@H](C)c2cccnc2)CCNCC1. The van der Waals surface area contributed by atoms with Crippen LogP contribution in [0.5, 0.6) is 0 Å². The average molecular weight is 277 g/mol. The third-order valence-corrected chi connectivity index (χ3v) is 3.99. The fourth-order valence-electron chi connectivity index (χ4n) is 2.68. The Hall–Kier alpha value is -1.46. The zero-order chi connectivity index (χ0) is 14.4. The van der Waals surface area contributed by atoms with Crippen molar-refractivity contribution >= 4 is 5.91 Å². The lowest BCUT2D eigenvalue weighted by atomic mass is 9.78. The maximum Gasteiger partial charge on any atom is 0.229 e. The van der Waals surface area contributed by atoms with E-state index in [0.29, 0.717) is 6.61 Å². The van der Waals surface area contributed by atoms with E-state index in [9.17, 15) is 4.79 Å². The van der Waals surface area contributed by atoms with Crippen molar-refractivity contribution in [2.75, 3.05) is 26.8 Å². The van der Waals surface area contributed by atoms with Crippen LogP contribution in [0, 0.1) is 5.41 Å². The van der Waals surface area contributed by atoms with Gasteiger partial charge in [-0.3, -0.25) is 9.78 Å². The van der Waals surface area contributed by atoms with Gasteiger partial charge in [0.05, 0.1) is 18.1 Å². The normalized spacial score (nSPS) is 19.3. The number of nitrogens with one attached hydrogen (secondary N) is 2. The Balaban J connectivity index is 2.05. The van der Waals surface area contributed by atoms with Gasteiger partial charge >= 0.3 is 0 Å². The molecular weight excluding hydrogens is 254 g/mol. The van der Waals surface area contributed by atoms with Gasteiger partial charge in [-0.25, -0.2) is 0 Å². The van der Waals surface area contributed by atoms with Crippen LogP contribution in [0.3, 0.4) is 0 Å². The number of carbonyl (C=O) groups excluding carboxylic acids is 1. The van der Waals surface area contributed by atoms with Gasteiger partial charge in [0.2, 0.25) is 5.91 Å². The standard InChI is InChI=1S/C15H23N3O2/c1-12(13-4-3-7-17-10-13)18-14(19)15(11-20-2)5-8-16-9-6-15/h3-4,7,10,12,16H,5-6,8-9,11H2,1-2H3,(H,18,19)/t12-/m0/s1. The second-order valence-corrected chi connectivity index (χ2v) is 5.44. The van der Waals surface area contributed by atoms with Gasteiger partial charge in [-0.15, -0.1) is 0 Å². The van der Waals surface area contributed by atoms with Crippen molar-refractivity contribution in [2.45, 2.75) is 25.8 Å². The Morgan fingerprint density at radius 3 is 2.90 bits per heavy atom. The second-order valence-electron chi connectivity index (χ2n) is 5.44. The molecule has 1 aliphatic rings. The van der Waals surface area contributed by atoms with Gasteiger partial charge in [0.1, 0.15) is 0 Å². The van der Waals surface area contributed by atoms with E-state index in [2.05, 4.69) is 15.6 Å². The largest absolute Gasteiger partial charge is 0.384 e. The highest BCUT2D eigenvalue weighted by Gasteiger charge is 2.40. The first-order chi connectivity index (χ1) is 9.68. The predicted octanol–water partition coefficient (Wildman–Crippen LogP) is 1.27. The van der Waals surface area contributed by atoms with E-state index < -0.39 is 5.41 Å². The van der Waals surface area contributed by atoms with Gasteiger partial charge in [0.25, 0.3) is 0 Å². The van der Waals surface area contributed by atoms with Gasteiger partial charge in [0, 0.05) is 19.5 Å². The molecule has 0 radical (unpaired) electrons. The molecule has 20 heavy (non-hydrogen) atoms. The van der Waals surface area contributed by atoms with Crippen LogP contribution in [0.2, 0.25) is 0 Å². The lowest BCUT2D eigenvalue weighted by Crippen LogP contribution is -2.50. The third kappa shape index (κ3) is 3.35. The van der Waals surface area contributed by atoms with Gasteiger partial charge < -0.3 is 15.4 Å². The maximum absolute atomic E-state index is 12.7. The van der Waals surface area contributed by atoms with Crippen LogP contribution in [0.4, 0.5) is 0 Å². The van der Waals surface area contributed by atoms with Crippen LogP contribution in [0.15, 0.2) is 24.5 Å². The molecule has 5 nitrogen and oxygen atoms in total. The van der Waals surface area contributed by atoms with Crippen molar-refractivity contribution < 1.29 is 9.53 Å². The number of rotatable bonds is 5. The molecule has 1 saturated heterocycles. The molecule has 0 unspecified atom stereocenters. The molecular formula is C15H23N3O2. The van der Waals surface area contributed by atoms with Gasteiger partial charge in [-0.1, -0.05) is 6.07 Å². The van der Waals surface area contributed by atoms with E-state index in [4.69, 9.17) is 4.74 Å². The summed E-state index contributed by atoms with van der Waals surface area (Å²) in [6.07, 6.45) is 5.15. The molecule has 0 saturated carbocycles. The predicted molar refractivity (Wildman–Crippen MR) is 77.2 cm³/mol. The molecule has 5 heteroatoms. The van der Waals surface area contributed by atoms with Gasteiger partial charge in [-0.2, -0.15) is 0 Å². The van der Waals surface area contributed by atoms with Crippen LogP contribution in [-0.2, 0) is 9.53 Å². The highest BCUT2D eigenvalue weighted by Crippen LogP contribution is 2.30. The molecule has 0 aliphatic carbocycles. The number of piperidine rings is 1. The van der Waals surface area contributed by atoms with Crippen molar-refractivity contribution in [1.82, 2.24) is 15.6 Å². The van der Waals surface area contributed by atoms with E-state index in [1.165, 1.54) is 0 Å². The molecule has 1 fully saturated rings. The Morgan fingerprint density at radius 1 is 1.55 bits per heavy atom. The summed E-state index contributed by atoms with van der Waals surface area (Å²) in [5.74, 6) is 0.0807. The summed E-state index contributed by atoms with van der Waals surface area (Å²) in [7, 11) is 1.65. The fourth-order valence-corrected chi connectivity index (χ4v) is 2.68. The lowest BCUT2D eigenvalue weighted by molar-refractivity contribution is -0.136. The lowest BCUT2D eigenvalue weighted by Gasteiger charge is -2.36. The summed E-state index contributed by atoms with van der Waals surface area (Å²) in [4.78, 5) is 16.7. The number of hydrogen-bond acceptors (Lipinski definition) is 4. The number of amides is 1. The molecule has 1 aromatic heterocycles. The van der Waals surface area contributed by atoms with Crippen LogP contribution < -0.4 is 10.6 Å². The summed E-state index contributed by atoms with van der Waals surface area (Å²) in [5, 5.41) is 6.40. The molecule has 2 N–H and O–H groups in total. The highest BCUT2D eigenvalue weighted by molar-refractivity contribution is 5.83. The summed E-state index contributed by atoms with van der Waals surface area (Å²) >= 11 is 0. The summed E-state index contributed by atoms with van der Waals surface area (Å²) in [6, 6.07) is 3.82. The first-order valence-electron chi connectivity index (χ1n) is 7.08. The molecule has 2 heterocycles. The number of methoxy groups -OCH3 is 1. The van der Waals surface area contributed by atoms with Gasteiger partial charge in [-0.05, 0) is 44.5 Å². The Labute approximate surface area is 120 Å². The summed E-state index contributed by atoms with van der Waals surface area (Å²) in [5.41, 5.74) is 0.610. The quantitative estimate of drug-likeness (QED) is 0.851. The zero-order valence-corrected chi connectivity index (χ0v) is 12.2. The summed E-state index contributed by atoms with van der Waals surface area (Å²) < 4.78 is 5.29. The molecule has 0 spiro atoms. The maximum atomic E-state index is 12.7. The van der Waals surface area contributed by atoms with Crippen molar-refractivity contribution in [3.63, 3.8) is 0 Å². The first kappa shape index (κ1) is 14.9. The van der Waals surface area contributed by atoms with Crippen molar-refractivity contribution in [2.24, 2.45) is 5.41 Å². The number of hydrogen-bond donors (Lipinski definition) is 2. The third-order valence-electron chi connectivity index (χ3n) is 3.99. The van der Waals surface area contributed by atoms with Gasteiger partial charge in [0.15, 0.2) is 0 Å². The van der Waals surface area contributed by atoms with Crippen molar-refractivity contribution in [3.8, 4) is 0 Å². The van der Waals surface area contributed by atoms with E-state index in [1.54, 1.807) is 19.5 Å². The number of carbonyl (C=O) groups is 1. The smallest absolute Gasteiger partial charge is 0.229 e. The number of aromatic nitrogens is 1. The molecule has 1 amide bonds. The van der Waals surface area contributed by atoms with E-state index in [1.807, 2.05) is 19.1 Å². The highest BCUT2D eigenvalue weighted by atomic mass is 16.5. The minimum atomic E-state index is -0.406. The summed E-state index contributed by atoms with van der Waals surface area (Å²) in [6.45, 7) is 4.17.